The summed E-state index contributed by atoms with van der Waals surface area (Å²) in [5, 5.41) is 2.79. The number of ether oxygens (including phenoxy) is 1. The smallest absolute Gasteiger partial charge is 0.230 e. The summed E-state index contributed by atoms with van der Waals surface area (Å²) in [4.78, 5) is 30.8. The van der Waals surface area contributed by atoms with Gasteiger partial charge in [0.25, 0.3) is 0 Å². The molecule has 0 aromatic heterocycles. The van der Waals surface area contributed by atoms with Gasteiger partial charge in [0.05, 0.1) is 19.6 Å². The first-order valence-electron chi connectivity index (χ1n) is 8.14. The molecule has 128 valence electrons. The number of amides is 1. The minimum Gasteiger partial charge on any atom is -0.378 e. The number of morpholine rings is 1. The molecule has 0 aliphatic carbocycles. The van der Waals surface area contributed by atoms with Crippen LogP contribution < -0.4 is 5.32 Å². The van der Waals surface area contributed by atoms with Gasteiger partial charge >= 0.3 is 0 Å². The fourth-order valence-corrected chi connectivity index (χ4v) is 2.76. The van der Waals surface area contributed by atoms with E-state index in [0.29, 0.717) is 49.1 Å². The molecule has 0 radical (unpaired) electrons. The summed E-state index contributed by atoms with van der Waals surface area (Å²) in [6.45, 7) is 2.62. The number of nitrogens with zero attached hydrogens (tertiary/aromatic N) is 2. The van der Waals surface area contributed by atoms with E-state index in [9.17, 15) is 9.59 Å². The maximum absolute atomic E-state index is 12.3. The number of anilines is 1. The molecule has 1 saturated heterocycles. The van der Waals surface area contributed by atoms with Crippen LogP contribution in [0, 0.1) is 12.3 Å². The monoisotopic (exact) mass is 337 g/mol. The van der Waals surface area contributed by atoms with E-state index in [1.54, 1.807) is 30.3 Å². The van der Waals surface area contributed by atoms with Gasteiger partial charge in [0, 0.05) is 42.5 Å². The molecule has 6 heteroatoms. The molecule has 0 atom stereocenters. The van der Waals surface area contributed by atoms with Gasteiger partial charge in [0.2, 0.25) is 5.91 Å². The number of hydrogen-bond acceptors (Lipinski definition) is 5. The predicted molar refractivity (Wildman–Crippen MR) is 95.2 cm³/mol. The lowest BCUT2D eigenvalue weighted by Crippen LogP contribution is -2.36. The average molecular weight is 337 g/mol. The van der Waals surface area contributed by atoms with Gasteiger partial charge in [-0.3, -0.25) is 9.59 Å². The van der Waals surface area contributed by atoms with Crippen LogP contribution in [0.1, 0.15) is 18.4 Å². The number of terminal acetylenes is 1. The van der Waals surface area contributed by atoms with Crippen molar-refractivity contribution in [2.24, 2.45) is 4.99 Å². The molecule has 2 heterocycles. The number of rotatable bonds is 4. The second-order valence-corrected chi connectivity index (χ2v) is 5.87. The molecule has 0 unspecified atom stereocenters. The summed E-state index contributed by atoms with van der Waals surface area (Å²) in [7, 11) is 0. The molecule has 2 aliphatic rings. The van der Waals surface area contributed by atoms with Crippen molar-refractivity contribution in [1.29, 1.82) is 0 Å². The molecule has 2 aliphatic heterocycles. The molecule has 1 amide bonds. The van der Waals surface area contributed by atoms with Crippen LogP contribution in [0.2, 0.25) is 0 Å². The van der Waals surface area contributed by atoms with Crippen LogP contribution in [-0.4, -0.2) is 48.6 Å². The Balaban J connectivity index is 1.65. The van der Waals surface area contributed by atoms with E-state index < -0.39 is 0 Å². The molecular weight excluding hydrogens is 318 g/mol. The van der Waals surface area contributed by atoms with Crippen molar-refractivity contribution < 1.29 is 14.3 Å². The Morgan fingerprint density at radius 1 is 1.36 bits per heavy atom. The second kappa shape index (κ2) is 7.77. The van der Waals surface area contributed by atoms with Gasteiger partial charge in [0.15, 0.2) is 5.78 Å². The van der Waals surface area contributed by atoms with E-state index in [1.807, 2.05) is 4.90 Å². The van der Waals surface area contributed by atoms with Gasteiger partial charge in [-0.2, -0.15) is 0 Å². The third-order valence-electron chi connectivity index (χ3n) is 3.95. The molecular formula is C19H19N3O3. The largest absolute Gasteiger partial charge is 0.378 e. The zero-order chi connectivity index (χ0) is 17.6. The first kappa shape index (κ1) is 16.9. The molecule has 1 N–H and O–H groups in total. The minimum atomic E-state index is -0.219. The van der Waals surface area contributed by atoms with Crippen molar-refractivity contribution in [2.45, 2.75) is 12.8 Å². The molecule has 3 rings (SSSR count). The minimum absolute atomic E-state index is 0.0337. The molecule has 0 spiro atoms. The zero-order valence-electron chi connectivity index (χ0n) is 13.8. The summed E-state index contributed by atoms with van der Waals surface area (Å²) < 4.78 is 5.31. The summed E-state index contributed by atoms with van der Waals surface area (Å²) in [6.07, 6.45) is 7.16. The first-order chi connectivity index (χ1) is 12.1. The Morgan fingerprint density at radius 3 is 2.92 bits per heavy atom. The van der Waals surface area contributed by atoms with Crippen molar-refractivity contribution in [3.05, 3.63) is 41.7 Å². The van der Waals surface area contributed by atoms with E-state index in [1.165, 1.54) is 0 Å². The molecule has 1 fully saturated rings. The Morgan fingerprint density at radius 2 is 2.16 bits per heavy atom. The van der Waals surface area contributed by atoms with E-state index in [4.69, 9.17) is 11.2 Å². The van der Waals surface area contributed by atoms with Crippen LogP contribution in [0.3, 0.4) is 0 Å². The van der Waals surface area contributed by atoms with Crippen LogP contribution >= 0.6 is 0 Å². The quantitative estimate of drug-likeness (QED) is 0.847. The van der Waals surface area contributed by atoms with Gasteiger partial charge in [-0.25, -0.2) is 4.99 Å². The van der Waals surface area contributed by atoms with Crippen LogP contribution in [0.25, 0.3) is 0 Å². The van der Waals surface area contributed by atoms with Crippen LogP contribution in [0.5, 0.6) is 0 Å². The molecule has 0 bridgehead atoms. The number of benzene rings is 1. The number of carbonyl (C=O) groups is 2. The van der Waals surface area contributed by atoms with Gasteiger partial charge in [-0.05, 0) is 18.2 Å². The van der Waals surface area contributed by atoms with Crippen molar-refractivity contribution in [3.8, 4) is 12.3 Å². The van der Waals surface area contributed by atoms with Gasteiger partial charge < -0.3 is 15.0 Å². The molecule has 6 nitrogen and oxygen atoms in total. The Kier molecular flexibility index (Phi) is 5.26. The highest BCUT2D eigenvalue weighted by atomic mass is 16.5. The maximum atomic E-state index is 12.3. The van der Waals surface area contributed by atoms with Crippen molar-refractivity contribution in [1.82, 2.24) is 4.90 Å². The summed E-state index contributed by atoms with van der Waals surface area (Å²) in [6, 6.07) is 7.07. The summed E-state index contributed by atoms with van der Waals surface area (Å²) >= 11 is 0. The van der Waals surface area contributed by atoms with Gasteiger partial charge in [0.1, 0.15) is 5.82 Å². The Hall–Kier alpha value is -2.91. The molecule has 0 saturated carbocycles. The van der Waals surface area contributed by atoms with E-state index >= 15 is 0 Å². The van der Waals surface area contributed by atoms with Gasteiger partial charge in [-0.15, -0.1) is 6.42 Å². The highest BCUT2D eigenvalue weighted by molar-refractivity contribution is 6.16. The normalized spacial score (nSPS) is 17.4. The van der Waals surface area contributed by atoms with Crippen LogP contribution in [0.15, 0.2) is 41.2 Å². The Bertz CT molecular complexity index is 783. The highest BCUT2D eigenvalue weighted by Crippen LogP contribution is 2.17. The summed E-state index contributed by atoms with van der Waals surface area (Å²) in [5.74, 6) is 2.90. The molecule has 25 heavy (non-hydrogen) atoms. The molecule has 1 aromatic carbocycles. The first-order valence-corrected chi connectivity index (χ1v) is 8.14. The van der Waals surface area contributed by atoms with E-state index in [0.717, 1.165) is 0 Å². The van der Waals surface area contributed by atoms with E-state index in [2.05, 4.69) is 16.2 Å². The number of aliphatic imine (C=N–C) groups is 1. The number of ketones is 1. The summed E-state index contributed by atoms with van der Waals surface area (Å²) in [5.41, 5.74) is 1.90. The van der Waals surface area contributed by atoms with Gasteiger partial charge in [-0.1, -0.05) is 12.0 Å². The fourth-order valence-electron chi connectivity index (χ4n) is 2.76. The average Bonchev–Trinajstić information content (AvgIpc) is 2.62. The Labute approximate surface area is 146 Å². The van der Waals surface area contributed by atoms with Crippen molar-refractivity contribution in [2.75, 3.05) is 31.6 Å². The topological polar surface area (TPSA) is 71.0 Å². The highest BCUT2D eigenvalue weighted by Gasteiger charge is 2.21. The van der Waals surface area contributed by atoms with Crippen molar-refractivity contribution >= 4 is 23.1 Å². The maximum Gasteiger partial charge on any atom is 0.230 e. The number of nitrogens with one attached hydrogen (secondary N) is 1. The number of hydrogen-bond donors (Lipinski definition) is 1. The van der Waals surface area contributed by atoms with Crippen LogP contribution in [-0.2, 0) is 14.3 Å². The lowest BCUT2D eigenvalue weighted by molar-refractivity contribution is -0.115. The third-order valence-corrected chi connectivity index (χ3v) is 3.95. The van der Waals surface area contributed by atoms with Crippen molar-refractivity contribution in [3.63, 3.8) is 0 Å². The number of carbonyl (C=O) groups excluding carboxylic acids is 2. The molecule has 1 aromatic rings. The SMILES string of the molecule is C#Cc1cccc(NC(=O)CC2=NC(N3CCOCC3)=CC(=O)C2)c1. The van der Waals surface area contributed by atoms with Crippen LogP contribution in [0.4, 0.5) is 5.69 Å². The zero-order valence-corrected chi connectivity index (χ0v) is 13.8. The standard InChI is InChI=1S/C19H19N3O3/c1-2-14-4-3-5-15(10-14)21-19(24)12-16-11-17(23)13-18(20-16)22-6-8-25-9-7-22/h1,3-5,10,13H,6-9,11-12H2,(H,21,24). The predicted octanol–water partition coefficient (Wildman–Crippen LogP) is 1.58. The fraction of sp³-hybridized carbons (Fsp3) is 0.316. The number of allylic oxidation sites excluding steroid dienone is 1. The van der Waals surface area contributed by atoms with E-state index in [-0.39, 0.29) is 24.5 Å². The third kappa shape index (κ3) is 4.55. The lowest BCUT2D eigenvalue weighted by atomic mass is 10.1. The second-order valence-electron chi connectivity index (χ2n) is 5.87. The lowest BCUT2D eigenvalue weighted by Gasteiger charge is -2.30.